The van der Waals surface area contributed by atoms with Gasteiger partial charge < -0.3 is 19.7 Å². The molecular weight excluding hydrogens is 406 g/mol. The van der Waals surface area contributed by atoms with Gasteiger partial charge in [0.05, 0.1) is 7.11 Å². The van der Waals surface area contributed by atoms with E-state index in [-0.39, 0.29) is 13.1 Å². The van der Waals surface area contributed by atoms with E-state index in [1.165, 1.54) is 0 Å². The second-order valence-electron chi connectivity index (χ2n) is 7.10. The van der Waals surface area contributed by atoms with Gasteiger partial charge in [0, 0.05) is 25.2 Å². The summed E-state index contributed by atoms with van der Waals surface area (Å²) in [6.45, 7) is 2.35. The monoisotopic (exact) mass is 428 g/mol. The summed E-state index contributed by atoms with van der Waals surface area (Å²) in [5.74, 6) is 0.711. The van der Waals surface area contributed by atoms with Gasteiger partial charge in [0.25, 0.3) is 6.10 Å². The number of carbonyl (C=O) groups excluding carboxylic acids is 1. The number of rotatable bonds is 5. The number of methoxy groups -OCH3 is 1. The van der Waals surface area contributed by atoms with Gasteiger partial charge in [0.1, 0.15) is 5.75 Å². The molecule has 1 aliphatic rings. The molecule has 0 aliphatic carbocycles. The van der Waals surface area contributed by atoms with Crippen LogP contribution in [-0.4, -0.2) is 55.2 Å². The van der Waals surface area contributed by atoms with Crippen molar-refractivity contribution in [3.8, 4) is 5.75 Å². The number of likely N-dealkylation sites (tertiary alicyclic amines) is 1. The van der Waals surface area contributed by atoms with Crippen molar-refractivity contribution in [2.45, 2.75) is 50.3 Å². The van der Waals surface area contributed by atoms with Gasteiger partial charge in [-0.2, -0.15) is 26.3 Å². The van der Waals surface area contributed by atoms with Crippen molar-refractivity contribution in [2.24, 2.45) is 0 Å². The van der Waals surface area contributed by atoms with Gasteiger partial charge in [-0.3, -0.25) is 0 Å². The zero-order valence-electron chi connectivity index (χ0n) is 15.9. The summed E-state index contributed by atoms with van der Waals surface area (Å²) in [4.78, 5) is 12.7. The summed E-state index contributed by atoms with van der Waals surface area (Å²) < 4.78 is 84.1. The molecule has 0 spiro atoms. The fourth-order valence-electron chi connectivity index (χ4n) is 2.91. The Morgan fingerprint density at radius 3 is 2.07 bits per heavy atom. The molecule has 1 amide bonds. The minimum atomic E-state index is -5.72. The molecule has 1 aromatic carbocycles. The lowest BCUT2D eigenvalue weighted by atomic mass is 9.89. The summed E-state index contributed by atoms with van der Waals surface area (Å²) >= 11 is 0. The number of ether oxygens (including phenoxy) is 2. The van der Waals surface area contributed by atoms with Crippen LogP contribution in [0.25, 0.3) is 0 Å². The largest absolute Gasteiger partial charge is 0.497 e. The number of piperidine rings is 1. The fourth-order valence-corrected chi connectivity index (χ4v) is 2.91. The van der Waals surface area contributed by atoms with Gasteiger partial charge in [0.15, 0.2) is 0 Å². The first-order chi connectivity index (χ1) is 13.3. The van der Waals surface area contributed by atoms with E-state index in [1.54, 1.807) is 19.2 Å². The van der Waals surface area contributed by atoms with Gasteiger partial charge in [-0.1, -0.05) is 12.1 Å². The zero-order chi connectivity index (χ0) is 21.9. The number of carbonyl (C=O) groups is 1. The number of amides is 1. The molecule has 1 aliphatic heterocycles. The average Bonchev–Trinajstić information content (AvgIpc) is 2.63. The Balaban J connectivity index is 1.88. The molecule has 1 aromatic rings. The average molecular weight is 428 g/mol. The summed E-state index contributed by atoms with van der Waals surface area (Å²) in [6.07, 6.45) is -16.5. The van der Waals surface area contributed by atoms with E-state index in [9.17, 15) is 31.1 Å². The predicted molar refractivity (Wildman–Crippen MR) is 91.4 cm³/mol. The zero-order valence-corrected chi connectivity index (χ0v) is 15.9. The van der Waals surface area contributed by atoms with Gasteiger partial charge >= 0.3 is 18.4 Å². The van der Waals surface area contributed by atoms with Crippen LogP contribution >= 0.6 is 0 Å². The lowest BCUT2D eigenvalue weighted by molar-refractivity contribution is -0.308. The van der Waals surface area contributed by atoms with Crippen molar-refractivity contribution in [1.82, 2.24) is 10.2 Å². The molecule has 0 bridgehead atoms. The molecular formula is C18H22F6N2O3. The second-order valence-corrected chi connectivity index (χ2v) is 7.10. The van der Waals surface area contributed by atoms with Crippen LogP contribution in [0.4, 0.5) is 31.1 Å². The maximum Gasteiger partial charge on any atom is 0.434 e. The van der Waals surface area contributed by atoms with E-state index >= 15 is 0 Å². The van der Waals surface area contributed by atoms with E-state index in [4.69, 9.17) is 4.74 Å². The topological polar surface area (TPSA) is 50.8 Å². The van der Waals surface area contributed by atoms with E-state index in [1.807, 2.05) is 19.1 Å². The summed E-state index contributed by atoms with van der Waals surface area (Å²) in [6, 6.07) is 7.34. The normalized spacial score (nSPS) is 17.3. The first-order valence-electron chi connectivity index (χ1n) is 8.81. The van der Waals surface area contributed by atoms with Crippen LogP contribution < -0.4 is 10.1 Å². The molecule has 2 rings (SSSR count). The molecule has 1 saturated heterocycles. The Morgan fingerprint density at radius 1 is 1.10 bits per heavy atom. The van der Waals surface area contributed by atoms with Crippen LogP contribution in [0.15, 0.2) is 24.3 Å². The van der Waals surface area contributed by atoms with Crippen molar-refractivity contribution in [3.05, 3.63) is 29.8 Å². The highest BCUT2D eigenvalue weighted by Gasteiger charge is 2.60. The van der Waals surface area contributed by atoms with Crippen molar-refractivity contribution in [1.29, 1.82) is 0 Å². The SMILES string of the molecule is COc1ccc(CNC2(C)CCN(C(=O)OC(C(F)(F)F)C(F)(F)F)CC2)cc1. The number of hydrogen-bond donors (Lipinski definition) is 1. The summed E-state index contributed by atoms with van der Waals surface area (Å²) in [5, 5.41) is 3.32. The molecule has 0 saturated carbocycles. The van der Waals surface area contributed by atoms with Crippen molar-refractivity contribution in [3.63, 3.8) is 0 Å². The molecule has 11 heteroatoms. The number of hydrogen-bond acceptors (Lipinski definition) is 4. The van der Waals surface area contributed by atoms with Crippen LogP contribution in [0.5, 0.6) is 5.75 Å². The van der Waals surface area contributed by atoms with Crippen LogP contribution in [0.1, 0.15) is 25.3 Å². The maximum absolute atomic E-state index is 12.5. The van der Waals surface area contributed by atoms with E-state index < -0.39 is 30.1 Å². The Hall–Kier alpha value is -2.17. The molecule has 0 unspecified atom stereocenters. The fraction of sp³-hybridized carbons (Fsp3) is 0.611. The minimum Gasteiger partial charge on any atom is -0.497 e. The molecule has 5 nitrogen and oxygen atoms in total. The van der Waals surface area contributed by atoms with E-state index in [2.05, 4.69) is 10.1 Å². The first-order valence-corrected chi connectivity index (χ1v) is 8.81. The Labute approximate surface area is 163 Å². The molecule has 0 atom stereocenters. The quantitative estimate of drug-likeness (QED) is 0.712. The lowest BCUT2D eigenvalue weighted by Gasteiger charge is -2.40. The third-order valence-electron chi connectivity index (χ3n) is 4.82. The summed E-state index contributed by atoms with van der Waals surface area (Å²) in [7, 11) is 1.55. The minimum absolute atomic E-state index is 0.0205. The van der Waals surface area contributed by atoms with Crippen molar-refractivity contribution in [2.75, 3.05) is 20.2 Å². The summed E-state index contributed by atoms with van der Waals surface area (Å²) in [5.41, 5.74) is 0.552. The number of alkyl halides is 6. The molecule has 1 N–H and O–H groups in total. The molecule has 1 heterocycles. The van der Waals surface area contributed by atoms with Crippen molar-refractivity contribution < 1.29 is 40.6 Å². The predicted octanol–water partition coefficient (Wildman–Crippen LogP) is 4.27. The molecule has 29 heavy (non-hydrogen) atoms. The Kier molecular flexibility index (Phi) is 6.92. The van der Waals surface area contributed by atoms with E-state index in [0.29, 0.717) is 25.1 Å². The highest BCUT2D eigenvalue weighted by Crippen LogP contribution is 2.36. The van der Waals surface area contributed by atoms with Crippen LogP contribution in [0.2, 0.25) is 0 Å². The smallest absolute Gasteiger partial charge is 0.434 e. The highest BCUT2D eigenvalue weighted by molar-refractivity contribution is 5.68. The van der Waals surface area contributed by atoms with Crippen LogP contribution in [0, 0.1) is 0 Å². The van der Waals surface area contributed by atoms with Gasteiger partial charge in [0.2, 0.25) is 0 Å². The van der Waals surface area contributed by atoms with Crippen molar-refractivity contribution >= 4 is 6.09 Å². The first kappa shape index (κ1) is 23.1. The third-order valence-corrected chi connectivity index (χ3v) is 4.82. The Morgan fingerprint density at radius 2 is 1.62 bits per heavy atom. The maximum atomic E-state index is 12.5. The highest BCUT2D eigenvalue weighted by atomic mass is 19.4. The van der Waals surface area contributed by atoms with Crippen LogP contribution in [0.3, 0.4) is 0 Å². The van der Waals surface area contributed by atoms with Gasteiger partial charge in [-0.05, 0) is 37.5 Å². The molecule has 1 fully saturated rings. The Bertz CT molecular complexity index is 668. The number of halogens is 6. The molecule has 0 radical (unpaired) electrons. The standard InChI is InChI=1S/C18H22F6N2O3/c1-16(25-11-12-3-5-13(28-2)6-4-12)7-9-26(10-8-16)15(27)29-14(17(19,20)21)18(22,23)24/h3-6,14,25H,7-11H2,1-2H3. The molecule has 0 aromatic heterocycles. The number of nitrogens with zero attached hydrogens (tertiary/aromatic N) is 1. The third kappa shape index (κ3) is 6.41. The lowest BCUT2D eigenvalue weighted by Crippen LogP contribution is -2.54. The number of benzene rings is 1. The van der Waals surface area contributed by atoms with Crippen LogP contribution in [-0.2, 0) is 11.3 Å². The number of nitrogens with one attached hydrogen (secondary N) is 1. The van der Waals surface area contributed by atoms with Gasteiger partial charge in [-0.15, -0.1) is 0 Å². The molecule has 164 valence electrons. The van der Waals surface area contributed by atoms with E-state index in [0.717, 1.165) is 10.5 Å². The second kappa shape index (κ2) is 8.68. The van der Waals surface area contributed by atoms with Gasteiger partial charge in [-0.25, -0.2) is 4.79 Å².